The summed E-state index contributed by atoms with van der Waals surface area (Å²) in [6, 6.07) is 11.8. The maximum atomic E-state index is 12.9. The highest BCUT2D eigenvalue weighted by atomic mass is 19.4. The topological polar surface area (TPSA) is 39.7 Å². The van der Waals surface area contributed by atoms with Crippen LogP contribution in [0.2, 0.25) is 0 Å². The summed E-state index contributed by atoms with van der Waals surface area (Å²) in [6.07, 6.45) is -3.98. The minimum absolute atomic E-state index is 0.119. The number of piperazine rings is 1. The van der Waals surface area contributed by atoms with Gasteiger partial charge in [0, 0.05) is 45.0 Å². The number of hydrogen-bond acceptors (Lipinski definition) is 4. The van der Waals surface area contributed by atoms with E-state index in [9.17, 15) is 18.0 Å². The molecule has 0 spiro atoms. The summed E-state index contributed by atoms with van der Waals surface area (Å²) in [5, 5.41) is 0. The summed E-state index contributed by atoms with van der Waals surface area (Å²) >= 11 is 0. The van der Waals surface area contributed by atoms with Crippen LogP contribution in [0.5, 0.6) is 0 Å². The Hall–Kier alpha value is -2.61. The van der Waals surface area contributed by atoms with Crippen molar-refractivity contribution in [2.75, 3.05) is 49.1 Å². The van der Waals surface area contributed by atoms with E-state index in [1.807, 2.05) is 34.1 Å². The van der Waals surface area contributed by atoms with E-state index in [1.165, 1.54) is 6.07 Å². The largest absolute Gasteiger partial charge is 0.433 e. The number of alkyl halides is 3. The number of nitrogens with zero attached hydrogens (tertiary/aromatic N) is 4. The van der Waals surface area contributed by atoms with Gasteiger partial charge in [-0.15, -0.1) is 0 Å². The Morgan fingerprint density at radius 3 is 2.43 bits per heavy atom. The van der Waals surface area contributed by atoms with Crippen molar-refractivity contribution in [2.24, 2.45) is 0 Å². The lowest BCUT2D eigenvalue weighted by molar-refractivity contribution is -0.141. The lowest BCUT2D eigenvalue weighted by Crippen LogP contribution is -2.49. The van der Waals surface area contributed by atoms with Crippen LogP contribution in [0.4, 0.5) is 24.7 Å². The number of fused-ring (bicyclic) bond motifs is 1. The van der Waals surface area contributed by atoms with Crippen molar-refractivity contribution < 1.29 is 18.0 Å². The molecule has 1 fully saturated rings. The van der Waals surface area contributed by atoms with Crippen LogP contribution in [-0.4, -0.2) is 55.1 Å². The maximum absolute atomic E-state index is 12.9. The molecule has 0 unspecified atom stereocenters. The molecule has 0 N–H and O–H groups in total. The number of amides is 1. The fraction of sp³-hybridized carbons (Fsp3) is 0.400. The standard InChI is InChI=1S/C20H21F3N4O/c21-20(22,23)17-6-3-7-18(24-17)26-11-8-25(9-12-26)10-13-27-16-5-2-1-4-15(16)14-19(27)28/h1-7H,8-14H2. The van der Waals surface area contributed by atoms with Crippen LogP contribution in [0.3, 0.4) is 0 Å². The van der Waals surface area contributed by atoms with E-state index in [4.69, 9.17) is 0 Å². The van der Waals surface area contributed by atoms with Crippen LogP contribution in [0.1, 0.15) is 11.3 Å². The summed E-state index contributed by atoms with van der Waals surface area (Å²) in [4.78, 5) is 22.0. The summed E-state index contributed by atoms with van der Waals surface area (Å²) < 4.78 is 38.6. The number of aromatic nitrogens is 1. The minimum Gasteiger partial charge on any atom is -0.354 e. The lowest BCUT2D eigenvalue weighted by atomic mass is 10.2. The Morgan fingerprint density at radius 1 is 0.929 bits per heavy atom. The molecule has 2 aliphatic rings. The van der Waals surface area contributed by atoms with Gasteiger partial charge in [0.2, 0.25) is 5.91 Å². The van der Waals surface area contributed by atoms with Crippen LogP contribution in [0.15, 0.2) is 42.5 Å². The molecule has 0 atom stereocenters. The number of benzene rings is 1. The smallest absolute Gasteiger partial charge is 0.354 e. The molecule has 0 bridgehead atoms. The van der Waals surface area contributed by atoms with Gasteiger partial charge in [0.1, 0.15) is 11.5 Å². The molecule has 0 radical (unpaired) electrons. The molecule has 28 heavy (non-hydrogen) atoms. The van der Waals surface area contributed by atoms with Gasteiger partial charge < -0.3 is 9.80 Å². The predicted octanol–water partition coefficient (Wildman–Crippen LogP) is 2.81. The second-order valence-corrected chi connectivity index (χ2v) is 7.06. The monoisotopic (exact) mass is 390 g/mol. The Labute approximate surface area is 161 Å². The molecular formula is C20H21F3N4O. The number of anilines is 2. The zero-order valence-corrected chi connectivity index (χ0v) is 15.3. The van der Waals surface area contributed by atoms with Gasteiger partial charge in [0.25, 0.3) is 0 Å². The van der Waals surface area contributed by atoms with Gasteiger partial charge in [-0.2, -0.15) is 13.2 Å². The second-order valence-electron chi connectivity index (χ2n) is 7.06. The van der Waals surface area contributed by atoms with E-state index in [2.05, 4.69) is 9.88 Å². The molecule has 0 saturated carbocycles. The van der Waals surface area contributed by atoms with Crippen molar-refractivity contribution in [2.45, 2.75) is 12.6 Å². The average Bonchev–Trinajstić information content (AvgIpc) is 3.01. The molecular weight excluding hydrogens is 369 g/mol. The average molecular weight is 390 g/mol. The van der Waals surface area contributed by atoms with E-state index in [-0.39, 0.29) is 5.91 Å². The Bertz CT molecular complexity index is 863. The molecule has 148 valence electrons. The second kappa shape index (κ2) is 7.43. The van der Waals surface area contributed by atoms with E-state index in [0.717, 1.165) is 37.0 Å². The van der Waals surface area contributed by atoms with Crippen LogP contribution < -0.4 is 9.80 Å². The highest BCUT2D eigenvalue weighted by Gasteiger charge is 2.33. The van der Waals surface area contributed by atoms with Crippen LogP contribution in [0.25, 0.3) is 0 Å². The Kier molecular flexibility index (Phi) is 4.97. The third kappa shape index (κ3) is 3.82. The SMILES string of the molecule is O=C1Cc2ccccc2N1CCN1CCN(c2cccc(C(F)(F)F)n2)CC1. The van der Waals surface area contributed by atoms with Gasteiger partial charge in [-0.05, 0) is 23.8 Å². The minimum atomic E-state index is -4.43. The zero-order valence-electron chi connectivity index (χ0n) is 15.3. The summed E-state index contributed by atoms with van der Waals surface area (Å²) in [5.41, 5.74) is 1.19. The zero-order chi connectivity index (χ0) is 19.7. The number of carbonyl (C=O) groups is 1. The highest BCUT2D eigenvalue weighted by molar-refractivity contribution is 6.01. The first kappa shape index (κ1) is 18.7. The number of pyridine rings is 1. The van der Waals surface area contributed by atoms with E-state index < -0.39 is 11.9 Å². The molecule has 1 aromatic carbocycles. The first-order chi connectivity index (χ1) is 13.4. The molecule has 2 aliphatic heterocycles. The van der Waals surface area contributed by atoms with Gasteiger partial charge in [0.05, 0.1) is 6.42 Å². The molecule has 5 nitrogen and oxygen atoms in total. The van der Waals surface area contributed by atoms with Gasteiger partial charge >= 0.3 is 6.18 Å². The third-order valence-electron chi connectivity index (χ3n) is 5.29. The molecule has 4 rings (SSSR count). The fourth-order valence-electron chi connectivity index (χ4n) is 3.76. The first-order valence-electron chi connectivity index (χ1n) is 9.31. The molecule has 1 saturated heterocycles. The van der Waals surface area contributed by atoms with Gasteiger partial charge in [0.15, 0.2) is 0 Å². The van der Waals surface area contributed by atoms with E-state index >= 15 is 0 Å². The summed E-state index contributed by atoms with van der Waals surface area (Å²) in [6.45, 7) is 4.03. The van der Waals surface area contributed by atoms with Crippen LogP contribution in [-0.2, 0) is 17.4 Å². The molecule has 3 heterocycles. The summed E-state index contributed by atoms with van der Waals surface area (Å²) in [5.74, 6) is 0.478. The van der Waals surface area contributed by atoms with Crippen molar-refractivity contribution in [1.82, 2.24) is 9.88 Å². The Balaban J connectivity index is 1.32. The highest BCUT2D eigenvalue weighted by Crippen LogP contribution is 2.30. The first-order valence-corrected chi connectivity index (χ1v) is 9.31. The lowest BCUT2D eigenvalue weighted by Gasteiger charge is -2.36. The van der Waals surface area contributed by atoms with Crippen molar-refractivity contribution >= 4 is 17.4 Å². The normalized spacial score (nSPS) is 17.9. The van der Waals surface area contributed by atoms with Gasteiger partial charge in [-0.3, -0.25) is 9.69 Å². The van der Waals surface area contributed by atoms with Crippen molar-refractivity contribution in [1.29, 1.82) is 0 Å². The molecule has 0 aliphatic carbocycles. The predicted molar refractivity (Wildman–Crippen MR) is 100 cm³/mol. The van der Waals surface area contributed by atoms with Gasteiger partial charge in [-0.1, -0.05) is 24.3 Å². The van der Waals surface area contributed by atoms with Crippen LogP contribution >= 0.6 is 0 Å². The molecule has 8 heteroatoms. The van der Waals surface area contributed by atoms with Crippen molar-refractivity contribution in [3.8, 4) is 0 Å². The van der Waals surface area contributed by atoms with Crippen molar-refractivity contribution in [3.05, 3.63) is 53.7 Å². The molecule has 1 aromatic heterocycles. The summed E-state index contributed by atoms with van der Waals surface area (Å²) in [7, 11) is 0. The number of halogens is 3. The van der Waals surface area contributed by atoms with Crippen molar-refractivity contribution in [3.63, 3.8) is 0 Å². The number of rotatable bonds is 4. The fourth-order valence-corrected chi connectivity index (χ4v) is 3.76. The quantitative estimate of drug-likeness (QED) is 0.805. The van der Waals surface area contributed by atoms with Crippen LogP contribution in [0, 0.1) is 0 Å². The Morgan fingerprint density at radius 2 is 1.68 bits per heavy atom. The number of carbonyl (C=O) groups excluding carboxylic acids is 1. The molecule has 2 aromatic rings. The maximum Gasteiger partial charge on any atom is 0.433 e. The molecule has 1 amide bonds. The van der Waals surface area contributed by atoms with E-state index in [0.29, 0.717) is 31.9 Å². The third-order valence-corrected chi connectivity index (χ3v) is 5.29. The van der Waals surface area contributed by atoms with E-state index in [1.54, 1.807) is 6.07 Å². The number of para-hydroxylation sites is 1. The number of hydrogen-bond donors (Lipinski definition) is 0. The van der Waals surface area contributed by atoms with Gasteiger partial charge in [-0.25, -0.2) is 4.98 Å².